The molecule has 2 rings (SSSR count). The van der Waals surface area contributed by atoms with Crippen molar-refractivity contribution in [2.24, 2.45) is 0 Å². The monoisotopic (exact) mass is 153 g/mol. The van der Waals surface area contributed by atoms with Crippen molar-refractivity contribution < 1.29 is 0 Å². The summed E-state index contributed by atoms with van der Waals surface area (Å²) in [6, 6.07) is 0.841. The summed E-state index contributed by atoms with van der Waals surface area (Å²) in [6.45, 7) is 2.30. The Balaban J connectivity index is 1.96. The first-order valence-electron chi connectivity index (χ1n) is 5.12. The molecule has 1 heterocycles. The first-order chi connectivity index (χ1) is 5.35. The second kappa shape index (κ2) is 2.78. The highest BCUT2D eigenvalue weighted by Gasteiger charge is 2.39. The van der Waals surface area contributed by atoms with E-state index in [0.717, 1.165) is 6.04 Å². The van der Waals surface area contributed by atoms with Crippen molar-refractivity contribution in [1.29, 1.82) is 0 Å². The van der Waals surface area contributed by atoms with Crippen LogP contribution >= 0.6 is 0 Å². The molecular formula is C10H19N. The highest BCUT2D eigenvalue weighted by molar-refractivity contribution is 4.99. The van der Waals surface area contributed by atoms with Crippen LogP contribution in [0.1, 0.15) is 51.9 Å². The zero-order valence-corrected chi connectivity index (χ0v) is 7.53. The molecule has 0 amide bonds. The fourth-order valence-electron chi connectivity index (χ4n) is 2.78. The smallest absolute Gasteiger partial charge is 0.0184 e. The third-order valence-electron chi connectivity index (χ3n) is 3.54. The van der Waals surface area contributed by atoms with Gasteiger partial charge in [0.25, 0.3) is 0 Å². The van der Waals surface area contributed by atoms with Crippen LogP contribution in [0.25, 0.3) is 0 Å². The van der Waals surface area contributed by atoms with Crippen LogP contribution in [0.4, 0.5) is 0 Å². The molecule has 11 heavy (non-hydrogen) atoms. The lowest BCUT2D eigenvalue weighted by Gasteiger charge is -2.24. The maximum atomic E-state index is 3.82. The van der Waals surface area contributed by atoms with Crippen LogP contribution in [-0.2, 0) is 0 Å². The van der Waals surface area contributed by atoms with Gasteiger partial charge in [0, 0.05) is 11.6 Å². The van der Waals surface area contributed by atoms with E-state index in [0.29, 0.717) is 5.54 Å². The Bertz CT molecular complexity index is 136. The maximum absolute atomic E-state index is 3.82. The van der Waals surface area contributed by atoms with E-state index in [4.69, 9.17) is 0 Å². The predicted octanol–water partition coefficient (Wildman–Crippen LogP) is 2.46. The Morgan fingerprint density at radius 1 is 1.27 bits per heavy atom. The molecule has 1 aliphatic heterocycles. The van der Waals surface area contributed by atoms with Gasteiger partial charge in [0.1, 0.15) is 0 Å². The first-order valence-corrected chi connectivity index (χ1v) is 5.12. The highest BCUT2D eigenvalue weighted by atomic mass is 15.0. The molecule has 2 fully saturated rings. The van der Waals surface area contributed by atoms with Gasteiger partial charge in [-0.25, -0.2) is 0 Å². The van der Waals surface area contributed by atoms with Gasteiger partial charge in [-0.2, -0.15) is 0 Å². The van der Waals surface area contributed by atoms with E-state index in [1.807, 2.05) is 0 Å². The normalized spacial score (nSPS) is 35.2. The van der Waals surface area contributed by atoms with E-state index >= 15 is 0 Å². The lowest BCUT2D eigenvalue weighted by molar-refractivity contribution is 0.364. The fourth-order valence-corrected chi connectivity index (χ4v) is 2.78. The third-order valence-corrected chi connectivity index (χ3v) is 3.54. The Labute approximate surface area is 69.6 Å². The van der Waals surface area contributed by atoms with E-state index in [-0.39, 0.29) is 0 Å². The molecule has 1 nitrogen and oxygen atoms in total. The van der Waals surface area contributed by atoms with Gasteiger partial charge in [-0.05, 0) is 32.1 Å². The number of nitrogens with one attached hydrogen (secondary N) is 1. The van der Waals surface area contributed by atoms with E-state index in [1.54, 1.807) is 0 Å². The van der Waals surface area contributed by atoms with Crippen LogP contribution in [0, 0.1) is 0 Å². The molecule has 1 unspecified atom stereocenters. The van der Waals surface area contributed by atoms with Gasteiger partial charge in [-0.3, -0.25) is 0 Å². The highest BCUT2D eigenvalue weighted by Crippen LogP contribution is 2.38. The summed E-state index contributed by atoms with van der Waals surface area (Å²) in [4.78, 5) is 0. The summed E-state index contributed by atoms with van der Waals surface area (Å²) < 4.78 is 0. The van der Waals surface area contributed by atoms with Gasteiger partial charge in [0.15, 0.2) is 0 Å². The third kappa shape index (κ3) is 1.31. The molecule has 1 saturated carbocycles. The lowest BCUT2D eigenvalue weighted by Crippen LogP contribution is -2.40. The minimum atomic E-state index is 0.612. The first kappa shape index (κ1) is 7.60. The van der Waals surface area contributed by atoms with Gasteiger partial charge in [-0.1, -0.05) is 19.8 Å². The standard InChI is InChI=1S/C10H19N/c1-2-9-5-8-10(11-9)6-3-4-7-10/h9,11H,2-8H2,1H3. The SMILES string of the molecule is CCC1CCC2(CCCC2)N1. The second-order valence-electron chi connectivity index (χ2n) is 4.28. The van der Waals surface area contributed by atoms with Crippen LogP contribution in [0.3, 0.4) is 0 Å². The van der Waals surface area contributed by atoms with Gasteiger partial charge in [0.2, 0.25) is 0 Å². The van der Waals surface area contributed by atoms with E-state index in [9.17, 15) is 0 Å². The Morgan fingerprint density at radius 2 is 2.00 bits per heavy atom. The summed E-state index contributed by atoms with van der Waals surface area (Å²) in [5.74, 6) is 0. The average Bonchev–Trinajstić information content (AvgIpc) is 2.62. The van der Waals surface area contributed by atoms with Crippen LogP contribution in [0.2, 0.25) is 0 Å². The molecule has 1 N–H and O–H groups in total. The van der Waals surface area contributed by atoms with Crippen LogP contribution < -0.4 is 5.32 Å². The molecule has 2 aliphatic rings. The van der Waals surface area contributed by atoms with Gasteiger partial charge < -0.3 is 5.32 Å². The zero-order chi connectivity index (χ0) is 7.73. The van der Waals surface area contributed by atoms with Crippen LogP contribution in [0.5, 0.6) is 0 Å². The molecule has 64 valence electrons. The number of rotatable bonds is 1. The topological polar surface area (TPSA) is 12.0 Å². The molecule has 1 saturated heterocycles. The average molecular weight is 153 g/mol. The Hall–Kier alpha value is -0.0400. The Kier molecular flexibility index (Phi) is 1.92. The summed E-state index contributed by atoms with van der Waals surface area (Å²) in [6.07, 6.45) is 10.0. The van der Waals surface area contributed by atoms with Gasteiger partial charge in [0.05, 0.1) is 0 Å². The lowest BCUT2D eigenvalue weighted by atomic mass is 9.96. The van der Waals surface area contributed by atoms with Crippen molar-refractivity contribution >= 4 is 0 Å². The van der Waals surface area contributed by atoms with Crippen molar-refractivity contribution in [2.45, 2.75) is 63.5 Å². The number of hydrogen-bond acceptors (Lipinski definition) is 1. The minimum Gasteiger partial charge on any atom is -0.309 e. The molecule has 0 radical (unpaired) electrons. The van der Waals surface area contributed by atoms with Crippen molar-refractivity contribution in [3.8, 4) is 0 Å². The quantitative estimate of drug-likeness (QED) is 0.610. The number of hydrogen-bond donors (Lipinski definition) is 1. The summed E-state index contributed by atoms with van der Waals surface area (Å²) >= 11 is 0. The predicted molar refractivity (Wildman–Crippen MR) is 47.6 cm³/mol. The Morgan fingerprint density at radius 3 is 2.55 bits per heavy atom. The summed E-state index contributed by atoms with van der Waals surface area (Å²) in [5.41, 5.74) is 0.612. The van der Waals surface area contributed by atoms with Gasteiger partial charge in [-0.15, -0.1) is 0 Å². The molecule has 1 spiro atoms. The largest absolute Gasteiger partial charge is 0.309 e. The minimum absolute atomic E-state index is 0.612. The maximum Gasteiger partial charge on any atom is 0.0184 e. The van der Waals surface area contributed by atoms with E-state index in [2.05, 4.69) is 12.2 Å². The van der Waals surface area contributed by atoms with Gasteiger partial charge >= 0.3 is 0 Å². The molecule has 0 aromatic heterocycles. The summed E-state index contributed by atoms with van der Waals surface area (Å²) in [7, 11) is 0. The summed E-state index contributed by atoms with van der Waals surface area (Å²) in [5, 5.41) is 3.82. The molecule has 1 aliphatic carbocycles. The van der Waals surface area contributed by atoms with Crippen LogP contribution in [-0.4, -0.2) is 11.6 Å². The molecule has 1 atom stereocenters. The fraction of sp³-hybridized carbons (Fsp3) is 1.00. The zero-order valence-electron chi connectivity index (χ0n) is 7.53. The van der Waals surface area contributed by atoms with Crippen molar-refractivity contribution in [1.82, 2.24) is 5.32 Å². The van der Waals surface area contributed by atoms with E-state index < -0.39 is 0 Å². The van der Waals surface area contributed by atoms with Crippen molar-refractivity contribution in [3.63, 3.8) is 0 Å². The molecule has 1 heteroatoms. The van der Waals surface area contributed by atoms with E-state index in [1.165, 1.54) is 44.9 Å². The molecule has 0 bridgehead atoms. The molecule has 0 aromatic carbocycles. The van der Waals surface area contributed by atoms with Crippen molar-refractivity contribution in [3.05, 3.63) is 0 Å². The molecular weight excluding hydrogens is 134 g/mol. The molecule has 0 aromatic rings. The van der Waals surface area contributed by atoms with Crippen molar-refractivity contribution in [2.75, 3.05) is 0 Å². The van der Waals surface area contributed by atoms with Crippen LogP contribution in [0.15, 0.2) is 0 Å². The second-order valence-corrected chi connectivity index (χ2v) is 4.28.